The highest BCUT2D eigenvalue weighted by Crippen LogP contribution is 2.23. The predicted molar refractivity (Wildman–Crippen MR) is 107 cm³/mol. The van der Waals surface area contributed by atoms with Crippen molar-refractivity contribution in [2.24, 2.45) is 0 Å². The number of benzene rings is 2. The molecular formula is C21H19FN6. The van der Waals surface area contributed by atoms with Crippen LogP contribution in [0.2, 0.25) is 0 Å². The Morgan fingerprint density at radius 1 is 0.929 bits per heavy atom. The normalized spacial score (nSPS) is 13.9. The Balaban J connectivity index is 1.44. The van der Waals surface area contributed by atoms with Crippen LogP contribution in [-0.4, -0.2) is 36.1 Å². The molecule has 0 saturated carbocycles. The van der Waals surface area contributed by atoms with Crippen molar-refractivity contribution in [1.29, 1.82) is 5.26 Å². The fourth-order valence-corrected chi connectivity index (χ4v) is 3.26. The molecule has 7 heteroatoms. The van der Waals surface area contributed by atoms with Crippen LogP contribution in [0.4, 0.5) is 27.4 Å². The molecule has 2 heterocycles. The van der Waals surface area contributed by atoms with Gasteiger partial charge in [-0.05, 0) is 36.4 Å². The van der Waals surface area contributed by atoms with E-state index in [1.54, 1.807) is 6.07 Å². The maximum absolute atomic E-state index is 13.1. The number of nitrogens with one attached hydrogen (secondary N) is 1. The molecule has 1 saturated heterocycles. The number of anilines is 4. The zero-order valence-corrected chi connectivity index (χ0v) is 15.2. The van der Waals surface area contributed by atoms with Crippen molar-refractivity contribution in [3.8, 4) is 6.07 Å². The third-order valence-corrected chi connectivity index (χ3v) is 4.76. The first-order chi connectivity index (χ1) is 13.7. The number of nitriles is 1. The first-order valence-electron chi connectivity index (χ1n) is 9.06. The predicted octanol–water partition coefficient (Wildman–Crippen LogP) is 3.56. The lowest BCUT2D eigenvalue weighted by molar-refractivity contribution is 0.624. The fourth-order valence-electron chi connectivity index (χ4n) is 3.26. The molecule has 2 aromatic carbocycles. The van der Waals surface area contributed by atoms with Crippen LogP contribution in [0.25, 0.3) is 0 Å². The number of halogens is 1. The van der Waals surface area contributed by atoms with Crippen LogP contribution >= 0.6 is 0 Å². The largest absolute Gasteiger partial charge is 0.368 e. The van der Waals surface area contributed by atoms with Crippen LogP contribution in [0.3, 0.4) is 0 Å². The van der Waals surface area contributed by atoms with Crippen LogP contribution in [0.15, 0.2) is 60.9 Å². The molecule has 1 fully saturated rings. The van der Waals surface area contributed by atoms with Crippen molar-refractivity contribution in [2.45, 2.75) is 0 Å². The first-order valence-corrected chi connectivity index (χ1v) is 9.06. The number of nitrogens with zero attached hydrogens (tertiary/aromatic N) is 5. The smallest absolute Gasteiger partial charge is 0.135 e. The standard InChI is InChI=1S/C21H19FN6/c22-17-5-7-18(8-6-17)27-9-11-28(12-10-27)21-13-20(24-15-25-21)26-19-4-2-1-3-16(19)14-23/h1-8,13,15H,9-12H2,(H,24,25,26). The second kappa shape index (κ2) is 7.92. The zero-order valence-electron chi connectivity index (χ0n) is 15.2. The van der Waals surface area contributed by atoms with Crippen molar-refractivity contribution in [3.63, 3.8) is 0 Å². The molecular weight excluding hydrogens is 355 g/mol. The van der Waals surface area contributed by atoms with Gasteiger partial charge in [-0.2, -0.15) is 5.26 Å². The minimum absolute atomic E-state index is 0.221. The molecule has 6 nitrogen and oxygen atoms in total. The minimum Gasteiger partial charge on any atom is -0.368 e. The van der Waals surface area contributed by atoms with Gasteiger partial charge in [-0.15, -0.1) is 0 Å². The summed E-state index contributed by atoms with van der Waals surface area (Å²) in [5.74, 6) is 1.26. The molecule has 1 aliphatic rings. The quantitative estimate of drug-likeness (QED) is 0.753. The Morgan fingerprint density at radius 2 is 1.64 bits per heavy atom. The monoisotopic (exact) mass is 374 g/mol. The molecule has 4 rings (SSSR count). The molecule has 0 aliphatic carbocycles. The van der Waals surface area contributed by atoms with E-state index in [1.165, 1.54) is 18.5 Å². The van der Waals surface area contributed by atoms with E-state index >= 15 is 0 Å². The summed E-state index contributed by atoms with van der Waals surface area (Å²) in [7, 11) is 0. The topological polar surface area (TPSA) is 68.1 Å². The zero-order chi connectivity index (χ0) is 19.3. The summed E-state index contributed by atoms with van der Waals surface area (Å²) in [6, 6.07) is 18.0. The number of hydrogen-bond donors (Lipinski definition) is 1. The molecule has 0 unspecified atom stereocenters. The van der Waals surface area contributed by atoms with Gasteiger partial charge in [0.2, 0.25) is 0 Å². The maximum atomic E-state index is 13.1. The molecule has 1 aliphatic heterocycles. The molecule has 0 amide bonds. The van der Waals surface area contributed by atoms with Gasteiger partial charge in [0, 0.05) is 37.9 Å². The lowest BCUT2D eigenvalue weighted by Gasteiger charge is -2.36. The number of hydrogen-bond acceptors (Lipinski definition) is 6. The number of piperazine rings is 1. The highest BCUT2D eigenvalue weighted by atomic mass is 19.1. The van der Waals surface area contributed by atoms with Crippen LogP contribution in [0, 0.1) is 17.1 Å². The molecule has 0 spiro atoms. The lowest BCUT2D eigenvalue weighted by atomic mass is 10.2. The summed E-state index contributed by atoms with van der Waals surface area (Å²) >= 11 is 0. The van der Waals surface area contributed by atoms with E-state index in [0.29, 0.717) is 11.4 Å². The average molecular weight is 374 g/mol. The van der Waals surface area contributed by atoms with Gasteiger partial charge in [-0.25, -0.2) is 14.4 Å². The van der Waals surface area contributed by atoms with E-state index in [0.717, 1.165) is 43.4 Å². The minimum atomic E-state index is -0.221. The second-order valence-electron chi connectivity index (χ2n) is 6.49. The van der Waals surface area contributed by atoms with Crippen molar-refractivity contribution in [1.82, 2.24) is 9.97 Å². The Hall–Kier alpha value is -3.66. The van der Waals surface area contributed by atoms with E-state index in [-0.39, 0.29) is 5.82 Å². The van der Waals surface area contributed by atoms with Gasteiger partial charge >= 0.3 is 0 Å². The fraction of sp³-hybridized carbons (Fsp3) is 0.190. The summed E-state index contributed by atoms with van der Waals surface area (Å²) in [5.41, 5.74) is 2.31. The van der Waals surface area contributed by atoms with Gasteiger partial charge in [-0.3, -0.25) is 0 Å². The van der Waals surface area contributed by atoms with Crippen molar-refractivity contribution >= 4 is 23.0 Å². The molecule has 1 N–H and O–H groups in total. The van der Waals surface area contributed by atoms with Crippen molar-refractivity contribution in [2.75, 3.05) is 41.3 Å². The van der Waals surface area contributed by atoms with Crippen LogP contribution in [0.1, 0.15) is 5.56 Å². The lowest BCUT2D eigenvalue weighted by Crippen LogP contribution is -2.46. The van der Waals surface area contributed by atoms with E-state index in [2.05, 4.69) is 31.2 Å². The Kier molecular flexibility index (Phi) is 5.02. The Bertz CT molecular complexity index is 990. The van der Waals surface area contributed by atoms with Crippen LogP contribution in [-0.2, 0) is 0 Å². The number of aromatic nitrogens is 2. The summed E-state index contributed by atoms with van der Waals surface area (Å²) in [5, 5.41) is 12.4. The second-order valence-corrected chi connectivity index (χ2v) is 6.49. The third-order valence-electron chi connectivity index (χ3n) is 4.76. The van der Waals surface area contributed by atoms with Crippen molar-refractivity contribution < 1.29 is 4.39 Å². The molecule has 3 aromatic rings. The SMILES string of the molecule is N#Cc1ccccc1Nc1cc(N2CCN(c3ccc(F)cc3)CC2)ncn1. The van der Waals surface area contributed by atoms with Gasteiger partial charge in [0.05, 0.1) is 11.3 Å². The molecule has 28 heavy (non-hydrogen) atoms. The summed E-state index contributed by atoms with van der Waals surface area (Å²) in [4.78, 5) is 13.1. The molecule has 140 valence electrons. The number of rotatable bonds is 4. The van der Waals surface area contributed by atoms with E-state index in [1.807, 2.05) is 36.4 Å². The van der Waals surface area contributed by atoms with Crippen LogP contribution in [0.5, 0.6) is 0 Å². The van der Waals surface area contributed by atoms with Crippen LogP contribution < -0.4 is 15.1 Å². The van der Waals surface area contributed by atoms with Gasteiger partial charge in [-0.1, -0.05) is 12.1 Å². The summed E-state index contributed by atoms with van der Waals surface area (Å²) in [6.45, 7) is 3.27. The molecule has 0 bridgehead atoms. The Morgan fingerprint density at radius 3 is 2.39 bits per heavy atom. The van der Waals surface area contributed by atoms with Gasteiger partial charge < -0.3 is 15.1 Å². The maximum Gasteiger partial charge on any atom is 0.135 e. The van der Waals surface area contributed by atoms with E-state index < -0.39 is 0 Å². The highest BCUT2D eigenvalue weighted by molar-refractivity contribution is 5.65. The number of para-hydroxylation sites is 1. The Labute approximate surface area is 162 Å². The van der Waals surface area contributed by atoms with E-state index in [4.69, 9.17) is 0 Å². The summed E-state index contributed by atoms with van der Waals surface area (Å²) < 4.78 is 13.1. The molecule has 0 radical (unpaired) electrons. The third kappa shape index (κ3) is 3.86. The molecule has 0 atom stereocenters. The van der Waals surface area contributed by atoms with Gasteiger partial charge in [0.1, 0.15) is 29.8 Å². The van der Waals surface area contributed by atoms with E-state index in [9.17, 15) is 9.65 Å². The van der Waals surface area contributed by atoms with Crippen molar-refractivity contribution in [3.05, 3.63) is 72.3 Å². The highest BCUT2D eigenvalue weighted by Gasteiger charge is 2.19. The first kappa shape index (κ1) is 17.7. The average Bonchev–Trinajstić information content (AvgIpc) is 2.75. The van der Waals surface area contributed by atoms with Gasteiger partial charge in [0.25, 0.3) is 0 Å². The summed E-state index contributed by atoms with van der Waals surface area (Å²) in [6.07, 6.45) is 1.53. The van der Waals surface area contributed by atoms with Gasteiger partial charge in [0.15, 0.2) is 0 Å². The molecule has 1 aromatic heterocycles.